The summed E-state index contributed by atoms with van der Waals surface area (Å²) in [5.74, 6) is 1.29. The van der Waals surface area contributed by atoms with Crippen molar-refractivity contribution in [2.24, 2.45) is 15.6 Å². The van der Waals surface area contributed by atoms with Crippen LogP contribution in [0.3, 0.4) is 0 Å². The predicted molar refractivity (Wildman–Crippen MR) is 106 cm³/mol. The third kappa shape index (κ3) is 2.95. The maximum atomic E-state index is 7.52. The Hall–Kier alpha value is -3.80. The van der Waals surface area contributed by atoms with E-state index in [0.717, 1.165) is 11.3 Å². The highest BCUT2D eigenvalue weighted by Gasteiger charge is 2.33. The fourth-order valence-electron chi connectivity index (χ4n) is 2.82. The lowest BCUT2D eigenvalue weighted by Crippen LogP contribution is -2.27. The van der Waals surface area contributed by atoms with Gasteiger partial charge in [-0.3, -0.25) is 0 Å². The average Bonchev–Trinajstić information content (AvgIpc) is 3.32. The molecule has 28 heavy (non-hydrogen) atoms. The van der Waals surface area contributed by atoms with Gasteiger partial charge in [0.05, 0.1) is 18.0 Å². The molecule has 1 aliphatic heterocycles. The van der Waals surface area contributed by atoms with Crippen molar-refractivity contribution in [2.45, 2.75) is 27.7 Å². The fraction of sp³-hybridized carbons (Fsp3) is 0.263. The van der Waals surface area contributed by atoms with Gasteiger partial charge in [-0.25, -0.2) is 15.6 Å². The molecular formula is C19H17N9-2. The molecule has 0 N–H and O–H groups in total. The quantitative estimate of drug-likeness (QED) is 0.516. The van der Waals surface area contributed by atoms with Crippen LogP contribution in [0.25, 0.3) is 21.5 Å². The third-order valence-corrected chi connectivity index (χ3v) is 4.12. The van der Waals surface area contributed by atoms with Crippen LogP contribution in [-0.2, 0) is 0 Å². The van der Waals surface area contributed by atoms with Crippen LogP contribution >= 0.6 is 0 Å². The molecule has 140 valence electrons. The summed E-state index contributed by atoms with van der Waals surface area (Å²) in [7, 11) is 0. The Bertz CT molecular complexity index is 1130. The molecule has 9 heteroatoms. The molecule has 9 nitrogen and oxygen atoms in total. The van der Waals surface area contributed by atoms with Crippen LogP contribution in [0.15, 0.2) is 40.5 Å². The number of fused-ring (bicyclic) bond motifs is 1. The highest BCUT2D eigenvalue weighted by Crippen LogP contribution is 2.38. The van der Waals surface area contributed by atoms with E-state index in [-0.39, 0.29) is 16.9 Å². The zero-order valence-electron chi connectivity index (χ0n) is 15.9. The molecule has 0 amide bonds. The summed E-state index contributed by atoms with van der Waals surface area (Å²) in [4.78, 5) is 9.43. The second-order valence-electron chi connectivity index (χ2n) is 7.32. The van der Waals surface area contributed by atoms with E-state index < -0.39 is 0 Å². The summed E-state index contributed by atoms with van der Waals surface area (Å²) < 4.78 is 0. The Kier molecular flexibility index (Phi) is 4.04. The number of hydrogen-bond donors (Lipinski definition) is 0. The van der Waals surface area contributed by atoms with Gasteiger partial charge < -0.3 is 20.7 Å². The van der Waals surface area contributed by atoms with Gasteiger partial charge >= 0.3 is 0 Å². The molecular weight excluding hydrogens is 354 g/mol. The fourth-order valence-corrected chi connectivity index (χ4v) is 2.82. The van der Waals surface area contributed by atoms with E-state index in [2.05, 4.69) is 40.8 Å². The summed E-state index contributed by atoms with van der Waals surface area (Å²) in [5, 5.41) is 21.3. The van der Waals surface area contributed by atoms with Crippen LogP contribution in [0.1, 0.15) is 32.4 Å². The normalized spacial score (nSPS) is 14.7. The van der Waals surface area contributed by atoms with Crippen molar-refractivity contribution in [3.05, 3.63) is 58.8 Å². The SMILES string of the molecule is [C-]#[N+]c1c(-c2ccccc2)n[n-]c1[N-]N=C1C(C(C)(C)C)=Nn2nc(C)nc21. The molecule has 0 spiro atoms. The van der Waals surface area contributed by atoms with Gasteiger partial charge in [-0.1, -0.05) is 51.1 Å². The zero-order chi connectivity index (χ0) is 19.9. The molecule has 1 aromatic carbocycles. The van der Waals surface area contributed by atoms with Crippen LogP contribution in [0.2, 0.25) is 0 Å². The molecule has 0 radical (unpaired) electrons. The first kappa shape index (κ1) is 17.6. The minimum absolute atomic E-state index is 0.171. The van der Waals surface area contributed by atoms with Crippen molar-refractivity contribution in [3.63, 3.8) is 0 Å². The van der Waals surface area contributed by atoms with Crippen molar-refractivity contribution in [1.82, 2.24) is 25.1 Å². The molecule has 4 rings (SSSR count). The summed E-state index contributed by atoms with van der Waals surface area (Å²) in [5.41, 5.74) is 6.74. The van der Waals surface area contributed by atoms with Gasteiger partial charge in [-0.15, -0.1) is 9.89 Å². The smallest absolute Gasteiger partial charge is 0.202 e. The predicted octanol–water partition coefficient (Wildman–Crippen LogP) is 3.83. The molecule has 0 unspecified atom stereocenters. The van der Waals surface area contributed by atoms with Crippen molar-refractivity contribution < 1.29 is 0 Å². The maximum absolute atomic E-state index is 7.52. The zero-order valence-corrected chi connectivity index (χ0v) is 15.9. The van der Waals surface area contributed by atoms with E-state index in [9.17, 15) is 0 Å². The van der Waals surface area contributed by atoms with E-state index in [0.29, 0.717) is 23.1 Å². The molecule has 1 aliphatic rings. The Morgan fingerprint density at radius 2 is 1.96 bits per heavy atom. The van der Waals surface area contributed by atoms with Crippen molar-refractivity contribution in [2.75, 3.05) is 0 Å². The van der Waals surface area contributed by atoms with Crippen molar-refractivity contribution in [1.29, 1.82) is 0 Å². The molecule has 0 fully saturated rings. The minimum Gasteiger partial charge on any atom is -0.604 e. The largest absolute Gasteiger partial charge is 0.604 e. The van der Waals surface area contributed by atoms with Gasteiger partial charge in [0.15, 0.2) is 11.5 Å². The molecule has 0 atom stereocenters. The molecule has 0 saturated carbocycles. The summed E-state index contributed by atoms with van der Waals surface area (Å²) >= 11 is 0. The first-order valence-electron chi connectivity index (χ1n) is 8.67. The topological polar surface area (TPSA) is 101 Å². The Labute approximate surface area is 162 Å². The number of aromatic nitrogens is 5. The van der Waals surface area contributed by atoms with Crippen LogP contribution in [-0.4, -0.2) is 31.4 Å². The molecule has 0 bridgehead atoms. The maximum Gasteiger partial charge on any atom is 0.202 e. The van der Waals surface area contributed by atoms with Gasteiger partial charge in [0.1, 0.15) is 5.71 Å². The first-order chi connectivity index (χ1) is 13.4. The van der Waals surface area contributed by atoms with Gasteiger partial charge in [-0.05, 0) is 12.5 Å². The van der Waals surface area contributed by atoms with Crippen LogP contribution in [0, 0.1) is 18.9 Å². The number of rotatable bonds is 3. The molecule has 3 aromatic rings. The van der Waals surface area contributed by atoms with Crippen molar-refractivity contribution >= 4 is 22.9 Å². The lowest BCUT2D eigenvalue weighted by molar-refractivity contribution is 0.589. The molecule has 2 aromatic heterocycles. The Balaban J connectivity index is 1.72. The van der Waals surface area contributed by atoms with Gasteiger partial charge in [0.2, 0.25) is 5.82 Å². The summed E-state index contributed by atoms with van der Waals surface area (Å²) in [6.45, 7) is 15.4. The second kappa shape index (κ2) is 6.42. The van der Waals surface area contributed by atoms with Gasteiger partial charge in [0.25, 0.3) is 0 Å². The van der Waals surface area contributed by atoms with Gasteiger partial charge in [0, 0.05) is 5.41 Å². The van der Waals surface area contributed by atoms with Crippen molar-refractivity contribution in [3.8, 4) is 11.3 Å². The minimum atomic E-state index is -0.278. The lowest BCUT2D eigenvalue weighted by atomic mass is 9.87. The number of nitrogens with zero attached hydrogens (tertiary/aromatic N) is 9. The average molecular weight is 371 g/mol. The summed E-state index contributed by atoms with van der Waals surface area (Å²) in [6.07, 6.45) is 0. The monoisotopic (exact) mass is 371 g/mol. The van der Waals surface area contributed by atoms with E-state index >= 15 is 0 Å². The number of benzene rings is 1. The molecule has 0 saturated heterocycles. The number of aryl methyl sites for hydroxylation is 1. The van der Waals surface area contributed by atoms with Crippen LogP contribution < -0.4 is 5.10 Å². The highest BCUT2D eigenvalue weighted by atomic mass is 15.6. The van der Waals surface area contributed by atoms with E-state index in [1.807, 2.05) is 51.1 Å². The van der Waals surface area contributed by atoms with Gasteiger partial charge in [-0.2, -0.15) is 5.10 Å². The van der Waals surface area contributed by atoms with E-state index in [4.69, 9.17) is 6.57 Å². The van der Waals surface area contributed by atoms with Crippen LogP contribution in [0.5, 0.6) is 0 Å². The number of hydrogen-bond acceptors (Lipinski definition) is 5. The molecule has 0 aliphatic carbocycles. The van der Waals surface area contributed by atoms with E-state index in [1.165, 1.54) is 4.79 Å². The second-order valence-corrected chi connectivity index (χ2v) is 7.32. The Morgan fingerprint density at radius 1 is 1.21 bits per heavy atom. The third-order valence-electron chi connectivity index (χ3n) is 4.12. The first-order valence-corrected chi connectivity index (χ1v) is 8.67. The Morgan fingerprint density at radius 3 is 2.64 bits per heavy atom. The highest BCUT2D eigenvalue weighted by molar-refractivity contribution is 6.50. The lowest BCUT2D eigenvalue weighted by Gasteiger charge is -2.25. The van der Waals surface area contributed by atoms with Crippen LogP contribution in [0.4, 0.5) is 11.5 Å². The molecule has 3 heterocycles. The summed E-state index contributed by atoms with van der Waals surface area (Å²) in [6, 6.07) is 9.42. The van der Waals surface area contributed by atoms with E-state index in [1.54, 1.807) is 6.92 Å². The standard InChI is InChI=1S/C19H17N9/c1-11-21-18-15(16(19(2,3)4)27-28(18)26-11)23-25-17-14(20-5)13(22-24-17)12-9-7-6-8-10-12/h6-10H,1-4H3/q-2.